The summed E-state index contributed by atoms with van der Waals surface area (Å²) in [4.78, 5) is 37.6. The average molecular weight is 422 g/mol. The number of halogens is 1. The lowest BCUT2D eigenvalue weighted by molar-refractivity contribution is -0.149. The fraction of sp³-hybridized carbons (Fsp3) is 0.522. The number of rotatable bonds is 10. The van der Waals surface area contributed by atoms with Crippen molar-refractivity contribution in [3.8, 4) is 0 Å². The quantitative estimate of drug-likeness (QED) is 0.452. The van der Waals surface area contributed by atoms with Crippen LogP contribution in [0.25, 0.3) is 0 Å². The molecule has 2 atom stereocenters. The first-order chi connectivity index (χ1) is 13.9. The zero-order chi connectivity index (χ0) is 22.9. The molecule has 0 aliphatic carbocycles. The van der Waals surface area contributed by atoms with E-state index in [0.29, 0.717) is 5.56 Å². The number of hydrogen-bond donors (Lipinski definition) is 1. The highest BCUT2D eigenvalue weighted by Crippen LogP contribution is 2.19. The standard InChI is InChI=1S/C23H32FNO5/c1-7-12-29-21(27)17(13-16-8-10-18(24)11-9-16)14-19(26)20(15(2)3)25-22(28)30-23(4,5)6/h7-11,15,17,20H,1,12-14H2,2-6H3,(H,25,28)/t17-,20+/m1/s1. The van der Waals surface area contributed by atoms with Crippen molar-refractivity contribution in [1.82, 2.24) is 5.32 Å². The van der Waals surface area contributed by atoms with Gasteiger partial charge in [0.15, 0.2) is 5.78 Å². The van der Waals surface area contributed by atoms with Crippen LogP contribution in [0.3, 0.4) is 0 Å². The normalized spacial score (nSPS) is 13.3. The van der Waals surface area contributed by atoms with Crippen LogP contribution in [0.15, 0.2) is 36.9 Å². The molecule has 0 fully saturated rings. The first kappa shape index (κ1) is 25.3. The fourth-order valence-electron chi connectivity index (χ4n) is 2.83. The SMILES string of the molecule is C=CCOC(=O)[C@@H](CC(=O)[C@@H](NC(=O)OC(C)(C)C)C(C)C)Cc1ccc(F)cc1. The van der Waals surface area contributed by atoms with Gasteiger partial charge in [0.1, 0.15) is 18.0 Å². The number of Topliss-reactive ketones (excluding diaryl/α,β-unsaturated/α-hetero) is 1. The minimum atomic E-state index is -0.817. The van der Waals surface area contributed by atoms with Gasteiger partial charge in [-0.25, -0.2) is 9.18 Å². The number of amides is 1. The minimum Gasteiger partial charge on any atom is -0.461 e. The van der Waals surface area contributed by atoms with Gasteiger partial charge in [0.25, 0.3) is 0 Å². The molecule has 0 heterocycles. The Balaban J connectivity index is 2.95. The van der Waals surface area contributed by atoms with E-state index in [0.717, 1.165) is 0 Å². The molecule has 1 aromatic rings. The third-order valence-electron chi connectivity index (χ3n) is 4.21. The van der Waals surface area contributed by atoms with Crippen molar-refractivity contribution in [2.24, 2.45) is 11.8 Å². The number of carbonyl (C=O) groups excluding carboxylic acids is 3. The van der Waals surface area contributed by atoms with E-state index in [-0.39, 0.29) is 37.0 Å². The predicted molar refractivity (Wildman–Crippen MR) is 112 cm³/mol. The molecule has 0 spiro atoms. The topological polar surface area (TPSA) is 81.7 Å². The second-order valence-corrected chi connectivity index (χ2v) is 8.48. The molecule has 30 heavy (non-hydrogen) atoms. The number of alkyl carbamates (subject to hydrolysis) is 1. The van der Waals surface area contributed by atoms with Crippen LogP contribution in [-0.2, 0) is 25.5 Å². The zero-order valence-electron chi connectivity index (χ0n) is 18.4. The van der Waals surface area contributed by atoms with Crippen LogP contribution < -0.4 is 5.32 Å². The van der Waals surface area contributed by atoms with E-state index in [1.165, 1.54) is 18.2 Å². The molecule has 1 amide bonds. The number of benzene rings is 1. The maximum Gasteiger partial charge on any atom is 0.408 e. The number of ether oxygens (including phenoxy) is 2. The molecule has 0 aliphatic heterocycles. The Morgan fingerprint density at radius 3 is 2.27 bits per heavy atom. The summed E-state index contributed by atoms with van der Waals surface area (Å²) in [6.07, 6.45) is 0.819. The van der Waals surface area contributed by atoms with E-state index in [9.17, 15) is 18.8 Å². The molecular weight excluding hydrogens is 389 g/mol. The van der Waals surface area contributed by atoms with Gasteiger partial charge in [-0.2, -0.15) is 0 Å². The Bertz CT molecular complexity index is 737. The fourth-order valence-corrected chi connectivity index (χ4v) is 2.83. The maximum absolute atomic E-state index is 13.2. The van der Waals surface area contributed by atoms with Crippen molar-refractivity contribution in [2.45, 2.75) is 59.1 Å². The second kappa shape index (κ2) is 11.5. The molecule has 0 aromatic heterocycles. The molecule has 0 unspecified atom stereocenters. The highest BCUT2D eigenvalue weighted by molar-refractivity contribution is 5.90. The first-order valence-corrected chi connectivity index (χ1v) is 9.97. The van der Waals surface area contributed by atoms with Crippen molar-refractivity contribution in [2.75, 3.05) is 6.61 Å². The monoisotopic (exact) mass is 421 g/mol. The summed E-state index contributed by atoms with van der Waals surface area (Å²) in [5, 5.41) is 2.60. The smallest absolute Gasteiger partial charge is 0.408 e. The van der Waals surface area contributed by atoms with Gasteiger partial charge in [-0.1, -0.05) is 38.6 Å². The summed E-state index contributed by atoms with van der Waals surface area (Å²) in [6, 6.07) is 4.90. The number of esters is 1. The third kappa shape index (κ3) is 9.20. The highest BCUT2D eigenvalue weighted by Gasteiger charge is 2.31. The van der Waals surface area contributed by atoms with Crippen LogP contribution >= 0.6 is 0 Å². The van der Waals surface area contributed by atoms with Crippen molar-refractivity contribution in [1.29, 1.82) is 0 Å². The van der Waals surface area contributed by atoms with Crippen molar-refractivity contribution >= 4 is 17.8 Å². The lowest BCUT2D eigenvalue weighted by Crippen LogP contribution is -2.47. The van der Waals surface area contributed by atoms with Gasteiger partial charge in [-0.3, -0.25) is 9.59 Å². The van der Waals surface area contributed by atoms with E-state index in [2.05, 4.69) is 11.9 Å². The van der Waals surface area contributed by atoms with E-state index in [1.54, 1.807) is 46.8 Å². The Morgan fingerprint density at radius 1 is 1.17 bits per heavy atom. The molecule has 0 aliphatic rings. The zero-order valence-corrected chi connectivity index (χ0v) is 18.4. The lowest BCUT2D eigenvalue weighted by Gasteiger charge is -2.26. The maximum atomic E-state index is 13.2. The van der Waals surface area contributed by atoms with E-state index >= 15 is 0 Å². The van der Waals surface area contributed by atoms with Crippen LogP contribution in [0.4, 0.5) is 9.18 Å². The molecule has 0 saturated carbocycles. The molecule has 0 bridgehead atoms. The van der Waals surface area contributed by atoms with Gasteiger partial charge in [0, 0.05) is 6.42 Å². The largest absolute Gasteiger partial charge is 0.461 e. The molecule has 7 heteroatoms. The molecular formula is C23H32FNO5. The Labute approximate surface area is 177 Å². The van der Waals surface area contributed by atoms with Gasteiger partial charge >= 0.3 is 12.1 Å². The summed E-state index contributed by atoms with van der Waals surface area (Å²) >= 11 is 0. The molecule has 1 rings (SSSR count). The van der Waals surface area contributed by atoms with Crippen LogP contribution in [-0.4, -0.2) is 36.1 Å². The molecule has 6 nitrogen and oxygen atoms in total. The van der Waals surface area contributed by atoms with Crippen LogP contribution in [0, 0.1) is 17.7 Å². The van der Waals surface area contributed by atoms with E-state index in [1.807, 2.05) is 0 Å². The van der Waals surface area contributed by atoms with Crippen LogP contribution in [0.1, 0.15) is 46.6 Å². The van der Waals surface area contributed by atoms with Gasteiger partial charge in [0.05, 0.1) is 12.0 Å². The van der Waals surface area contributed by atoms with Crippen LogP contribution in [0.5, 0.6) is 0 Å². The number of ketones is 1. The highest BCUT2D eigenvalue weighted by atomic mass is 19.1. The summed E-state index contributed by atoms with van der Waals surface area (Å²) in [5.41, 5.74) is -0.000171. The average Bonchev–Trinajstić information content (AvgIpc) is 2.63. The van der Waals surface area contributed by atoms with E-state index in [4.69, 9.17) is 9.47 Å². The van der Waals surface area contributed by atoms with Gasteiger partial charge in [0.2, 0.25) is 0 Å². The lowest BCUT2D eigenvalue weighted by atomic mass is 9.89. The Morgan fingerprint density at radius 2 is 1.77 bits per heavy atom. The summed E-state index contributed by atoms with van der Waals surface area (Å²) in [6.45, 7) is 12.3. The summed E-state index contributed by atoms with van der Waals surface area (Å²) < 4.78 is 23.6. The Hall–Kier alpha value is -2.70. The molecule has 1 aromatic carbocycles. The van der Waals surface area contributed by atoms with Gasteiger partial charge in [-0.15, -0.1) is 0 Å². The van der Waals surface area contributed by atoms with Crippen LogP contribution in [0.2, 0.25) is 0 Å². The van der Waals surface area contributed by atoms with Crippen molar-refractivity contribution in [3.63, 3.8) is 0 Å². The summed E-state index contributed by atoms with van der Waals surface area (Å²) in [7, 11) is 0. The second-order valence-electron chi connectivity index (χ2n) is 8.48. The number of hydrogen-bond acceptors (Lipinski definition) is 5. The molecule has 166 valence electrons. The third-order valence-corrected chi connectivity index (χ3v) is 4.21. The van der Waals surface area contributed by atoms with Gasteiger partial charge in [-0.05, 0) is 50.8 Å². The molecule has 1 N–H and O–H groups in total. The van der Waals surface area contributed by atoms with Gasteiger partial charge < -0.3 is 14.8 Å². The number of nitrogens with one attached hydrogen (secondary N) is 1. The number of carbonyl (C=O) groups is 3. The first-order valence-electron chi connectivity index (χ1n) is 9.97. The summed E-state index contributed by atoms with van der Waals surface area (Å²) in [5.74, 6) is -2.22. The minimum absolute atomic E-state index is 0.0245. The van der Waals surface area contributed by atoms with Crippen molar-refractivity contribution < 1.29 is 28.2 Å². The van der Waals surface area contributed by atoms with E-state index < -0.39 is 29.6 Å². The molecule has 0 saturated heterocycles. The predicted octanol–water partition coefficient (Wildman–Crippen LogP) is 4.22. The Kier molecular flexibility index (Phi) is 9.69. The van der Waals surface area contributed by atoms with Crippen molar-refractivity contribution in [3.05, 3.63) is 48.3 Å². The molecule has 0 radical (unpaired) electrons.